The summed E-state index contributed by atoms with van der Waals surface area (Å²) in [7, 11) is -0.723. The highest BCUT2D eigenvalue weighted by molar-refractivity contribution is 7.89. The molecule has 0 aliphatic heterocycles. The predicted molar refractivity (Wildman–Crippen MR) is 153 cm³/mol. The van der Waals surface area contributed by atoms with E-state index in [2.05, 4.69) is 15.6 Å². The number of nitrogens with one attached hydrogen (secondary N) is 2. The topological polar surface area (TPSA) is 101 Å². The highest BCUT2D eigenvalue weighted by Crippen LogP contribution is 2.32. The molecule has 0 unspecified atom stereocenters. The van der Waals surface area contributed by atoms with Crippen molar-refractivity contribution in [3.8, 4) is 17.0 Å². The Hall–Kier alpha value is -3.44. The van der Waals surface area contributed by atoms with Gasteiger partial charge >= 0.3 is 0 Å². The van der Waals surface area contributed by atoms with Crippen LogP contribution in [0.25, 0.3) is 11.3 Å². The van der Waals surface area contributed by atoms with Gasteiger partial charge in [0.1, 0.15) is 5.75 Å². The van der Waals surface area contributed by atoms with Crippen LogP contribution in [0.1, 0.15) is 11.1 Å². The van der Waals surface area contributed by atoms with E-state index in [0.29, 0.717) is 16.5 Å². The molecular formula is C27H27ClN4O4S2. The fourth-order valence-corrected chi connectivity index (χ4v) is 5.98. The van der Waals surface area contributed by atoms with Crippen LogP contribution in [0.2, 0.25) is 5.02 Å². The number of ether oxygens (including phenoxy) is 1. The molecule has 4 rings (SSSR count). The number of nitrogens with zero attached hydrogens (tertiary/aromatic N) is 2. The number of anilines is 2. The summed E-state index contributed by atoms with van der Waals surface area (Å²) in [5, 5.41) is 8.92. The van der Waals surface area contributed by atoms with Gasteiger partial charge in [0.25, 0.3) is 0 Å². The normalized spacial score (nSPS) is 11.4. The summed E-state index contributed by atoms with van der Waals surface area (Å²) in [5.74, 6) is -0.0713. The molecule has 0 spiro atoms. The highest BCUT2D eigenvalue weighted by atomic mass is 35.5. The van der Waals surface area contributed by atoms with Crippen molar-refractivity contribution >= 4 is 49.7 Å². The lowest BCUT2D eigenvalue weighted by Gasteiger charge is -2.23. The minimum Gasteiger partial charge on any atom is -0.495 e. The molecule has 0 aliphatic carbocycles. The second kappa shape index (κ2) is 12.0. The van der Waals surface area contributed by atoms with Gasteiger partial charge in [-0.3, -0.25) is 4.79 Å². The van der Waals surface area contributed by atoms with Crippen LogP contribution in [0.5, 0.6) is 5.75 Å². The largest absolute Gasteiger partial charge is 0.495 e. The van der Waals surface area contributed by atoms with Gasteiger partial charge in [0.05, 0.1) is 29.9 Å². The third-order valence-corrected chi connectivity index (χ3v) is 8.78. The zero-order valence-electron chi connectivity index (χ0n) is 21.1. The number of sulfonamides is 1. The Balaban J connectivity index is 1.63. The molecular weight excluding hydrogens is 544 g/mol. The lowest BCUT2D eigenvalue weighted by molar-refractivity contribution is -0.116. The Morgan fingerprint density at radius 2 is 1.84 bits per heavy atom. The second-order valence-corrected chi connectivity index (χ2v) is 11.6. The van der Waals surface area contributed by atoms with Gasteiger partial charge in [0, 0.05) is 29.6 Å². The van der Waals surface area contributed by atoms with Gasteiger partial charge in [-0.1, -0.05) is 35.9 Å². The standard InChI is InChI=1S/C27H27ClN4O4S2/c1-18-6-4-5-7-20(18)15-32(38(34,35)22-11-9-21(28)10-12-22)16-26(33)30-23-14-19(8-13-25(23)36-3)24-17-37-27(29-2)31-24/h4-14,17H,15-16H2,1-3H3,(H,29,31)(H,30,33). The molecule has 38 heavy (non-hydrogen) atoms. The molecule has 0 aliphatic rings. The molecule has 3 aromatic carbocycles. The van der Waals surface area contributed by atoms with Gasteiger partial charge in [0.15, 0.2) is 5.13 Å². The average molecular weight is 571 g/mol. The van der Waals surface area contributed by atoms with Gasteiger partial charge in [-0.25, -0.2) is 13.4 Å². The first-order valence-electron chi connectivity index (χ1n) is 11.6. The van der Waals surface area contributed by atoms with Gasteiger partial charge in [-0.2, -0.15) is 4.31 Å². The molecule has 11 heteroatoms. The third kappa shape index (κ3) is 6.33. The van der Waals surface area contributed by atoms with Gasteiger partial charge in [-0.05, 0) is 60.5 Å². The molecule has 1 amide bonds. The molecule has 1 heterocycles. The maximum Gasteiger partial charge on any atom is 0.243 e. The number of amides is 1. The first kappa shape index (κ1) is 27.6. The van der Waals surface area contributed by atoms with Crippen molar-refractivity contribution in [2.24, 2.45) is 0 Å². The lowest BCUT2D eigenvalue weighted by Crippen LogP contribution is -2.37. The van der Waals surface area contributed by atoms with Crippen molar-refractivity contribution in [2.45, 2.75) is 18.4 Å². The Kier molecular flexibility index (Phi) is 8.68. The molecule has 0 saturated heterocycles. The average Bonchev–Trinajstić information content (AvgIpc) is 3.39. The molecule has 0 radical (unpaired) electrons. The Bertz CT molecular complexity index is 1540. The van der Waals surface area contributed by atoms with Crippen molar-refractivity contribution < 1.29 is 17.9 Å². The number of carbonyl (C=O) groups is 1. The van der Waals surface area contributed by atoms with Crippen molar-refractivity contribution in [2.75, 3.05) is 31.3 Å². The zero-order valence-corrected chi connectivity index (χ0v) is 23.5. The predicted octanol–water partition coefficient (Wildman–Crippen LogP) is 5.65. The maximum atomic E-state index is 13.6. The minimum atomic E-state index is -4.02. The van der Waals surface area contributed by atoms with E-state index < -0.39 is 22.5 Å². The van der Waals surface area contributed by atoms with Crippen LogP contribution in [0.3, 0.4) is 0 Å². The number of rotatable bonds is 10. The van der Waals surface area contributed by atoms with Crippen molar-refractivity contribution in [1.82, 2.24) is 9.29 Å². The summed E-state index contributed by atoms with van der Waals surface area (Å²) in [6.45, 7) is 1.51. The number of hydrogen-bond donors (Lipinski definition) is 2. The van der Waals surface area contributed by atoms with E-state index in [1.807, 2.05) is 42.6 Å². The fraction of sp³-hybridized carbons (Fsp3) is 0.185. The second-order valence-electron chi connectivity index (χ2n) is 8.40. The van der Waals surface area contributed by atoms with E-state index in [1.165, 1.54) is 42.7 Å². The number of carbonyl (C=O) groups excluding carboxylic acids is 1. The third-order valence-electron chi connectivity index (χ3n) is 5.87. The number of aryl methyl sites for hydroxylation is 1. The van der Waals surface area contributed by atoms with Crippen LogP contribution in [0.4, 0.5) is 10.8 Å². The van der Waals surface area contributed by atoms with E-state index >= 15 is 0 Å². The van der Waals surface area contributed by atoms with Crippen molar-refractivity contribution in [3.05, 3.63) is 88.3 Å². The van der Waals surface area contributed by atoms with Gasteiger partial charge in [-0.15, -0.1) is 11.3 Å². The number of hydrogen-bond acceptors (Lipinski definition) is 7. The molecule has 198 valence electrons. The van der Waals surface area contributed by atoms with E-state index in [1.54, 1.807) is 19.2 Å². The van der Waals surface area contributed by atoms with Crippen molar-refractivity contribution in [3.63, 3.8) is 0 Å². The summed E-state index contributed by atoms with van der Waals surface area (Å²) >= 11 is 7.43. The van der Waals surface area contributed by atoms with Crippen molar-refractivity contribution in [1.29, 1.82) is 0 Å². The highest BCUT2D eigenvalue weighted by Gasteiger charge is 2.28. The van der Waals surface area contributed by atoms with Gasteiger partial charge in [0.2, 0.25) is 15.9 Å². The molecule has 0 bridgehead atoms. The summed E-state index contributed by atoms with van der Waals surface area (Å²) in [6, 6.07) is 18.7. The summed E-state index contributed by atoms with van der Waals surface area (Å²) in [6.07, 6.45) is 0. The Morgan fingerprint density at radius 3 is 2.50 bits per heavy atom. The maximum absolute atomic E-state index is 13.6. The fourth-order valence-electron chi connectivity index (χ4n) is 3.80. The molecule has 8 nitrogen and oxygen atoms in total. The molecule has 0 saturated carbocycles. The SMILES string of the molecule is CNc1nc(-c2ccc(OC)c(NC(=O)CN(Cc3ccccc3C)S(=O)(=O)c3ccc(Cl)cc3)c2)cs1. The minimum absolute atomic E-state index is 0.0217. The van der Waals surface area contributed by atoms with Crippen LogP contribution >= 0.6 is 22.9 Å². The molecule has 4 aromatic rings. The van der Waals surface area contributed by atoms with Crippen LogP contribution in [-0.4, -0.2) is 44.3 Å². The number of thiazole rings is 1. The number of benzene rings is 3. The molecule has 2 N–H and O–H groups in total. The van der Waals surface area contributed by atoms with E-state index in [4.69, 9.17) is 16.3 Å². The van der Waals surface area contributed by atoms with Crippen LogP contribution in [0.15, 0.2) is 77.0 Å². The summed E-state index contributed by atoms with van der Waals surface area (Å²) in [5.41, 5.74) is 3.64. The summed E-state index contributed by atoms with van der Waals surface area (Å²) in [4.78, 5) is 17.8. The smallest absolute Gasteiger partial charge is 0.243 e. The number of aromatic nitrogens is 1. The Labute approximate surface area is 231 Å². The van der Waals surface area contributed by atoms with Crippen LogP contribution < -0.4 is 15.4 Å². The Morgan fingerprint density at radius 1 is 1.11 bits per heavy atom. The molecule has 0 atom stereocenters. The lowest BCUT2D eigenvalue weighted by atomic mass is 10.1. The monoisotopic (exact) mass is 570 g/mol. The van der Waals surface area contributed by atoms with Crippen LogP contribution in [0, 0.1) is 6.92 Å². The first-order valence-corrected chi connectivity index (χ1v) is 14.3. The van der Waals surface area contributed by atoms with E-state index in [-0.39, 0.29) is 11.4 Å². The quantitative estimate of drug-likeness (QED) is 0.255. The van der Waals surface area contributed by atoms with E-state index in [9.17, 15) is 13.2 Å². The van der Waals surface area contributed by atoms with E-state index in [0.717, 1.165) is 31.8 Å². The van der Waals surface area contributed by atoms with Crippen LogP contribution in [-0.2, 0) is 21.4 Å². The number of halogens is 1. The number of methoxy groups -OCH3 is 1. The first-order chi connectivity index (χ1) is 18.2. The van der Waals surface area contributed by atoms with Gasteiger partial charge < -0.3 is 15.4 Å². The molecule has 1 aromatic heterocycles. The summed E-state index contributed by atoms with van der Waals surface area (Å²) < 4.78 is 33.8. The zero-order chi connectivity index (χ0) is 27.3. The molecule has 0 fully saturated rings.